The van der Waals surface area contributed by atoms with Crippen LogP contribution >= 0.6 is 0 Å². The maximum Gasteiger partial charge on any atom is 0.193 e. The fourth-order valence-corrected chi connectivity index (χ4v) is 2.33. The Bertz CT molecular complexity index is 572. The van der Waals surface area contributed by atoms with Crippen LogP contribution in [0.1, 0.15) is 18.1 Å². The maximum absolute atomic E-state index is 4.34. The van der Waals surface area contributed by atoms with Gasteiger partial charge in [0.15, 0.2) is 5.96 Å². The molecule has 0 aliphatic rings. The molecule has 2 aromatic rings. The van der Waals surface area contributed by atoms with Gasteiger partial charge in [0.1, 0.15) is 0 Å². The van der Waals surface area contributed by atoms with Crippen LogP contribution in [0.2, 0.25) is 0 Å². The van der Waals surface area contributed by atoms with E-state index in [0.717, 1.165) is 32.0 Å². The van der Waals surface area contributed by atoms with Gasteiger partial charge in [0.25, 0.3) is 0 Å². The third-order valence-electron chi connectivity index (χ3n) is 3.61. The molecule has 0 saturated carbocycles. The van der Waals surface area contributed by atoms with E-state index in [1.165, 1.54) is 11.1 Å². The van der Waals surface area contributed by atoms with Gasteiger partial charge in [-0.05, 0) is 23.6 Å². The van der Waals surface area contributed by atoms with Crippen LogP contribution < -0.4 is 5.32 Å². The topological polar surface area (TPSA) is 45.5 Å². The SMILES string of the molecule is CCc1ccc(CN(C)C(=NC)NCCn2cccn2)cc1. The molecule has 0 amide bonds. The molecule has 1 heterocycles. The number of benzene rings is 1. The van der Waals surface area contributed by atoms with E-state index >= 15 is 0 Å². The number of aromatic nitrogens is 2. The molecule has 2 rings (SSSR count). The van der Waals surface area contributed by atoms with Crippen LogP contribution in [-0.4, -0.2) is 41.3 Å². The normalized spacial score (nSPS) is 11.5. The smallest absolute Gasteiger partial charge is 0.193 e. The van der Waals surface area contributed by atoms with Crippen LogP contribution in [0.5, 0.6) is 0 Å². The average molecular weight is 299 g/mol. The summed E-state index contributed by atoms with van der Waals surface area (Å²) in [6.07, 6.45) is 4.83. The molecule has 0 spiro atoms. The first-order valence-corrected chi connectivity index (χ1v) is 7.70. The van der Waals surface area contributed by atoms with E-state index < -0.39 is 0 Å². The minimum atomic E-state index is 0.799. The fraction of sp³-hybridized carbons (Fsp3) is 0.412. The van der Waals surface area contributed by atoms with Gasteiger partial charge in [-0.2, -0.15) is 5.10 Å². The molecular formula is C17H25N5. The maximum atomic E-state index is 4.34. The number of aryl methyl sites for hydroxylation is 1. The van der Waals surface area contributed by atoms with E-state index in [4.69, 9.17) is 0 Å². The Kier molecular flexibility index (Phi) is 6.01. The second-order valence-electron chi connectivity index (χ2n) is 5.27. The predicted octanol–water partition coefficient (Wildman–Crippen LogP) is 2.15. The second kappa shape index (κ2) is 8.22. The van der Waals surface area contributed by atoms with Crippen molar-refractivity contribution in [2.24, 2.45) is 4.99 Å². The van der Waals surface area contributed by atoms with Crippen LogP contribution in [0.4, 0.5) is 0 Å². The van der Waals surface area contributed by atoms with Crippen LogP contribution in [-0.2, 0) is 19.5 Å². The minimum absolute atomic E-state index is 0.799. The van der Waals surface area contributed by atoms with Crippen LogP contribution in [0.3, 0.4) is 0 Å². The summed E-state index contributed by atoms with van der Waals surface area (Å²) in [5, 5.41) is 7.56. The number of nitrogens with one attached hydrogen (secondary N) is 1. The van der Waals surface area contributed by atoms with E-state index in [-0.39, 0.29) is 0 Å². The lowest BCUT2D eigenvalue weighted by Gasteiger charge is -2.22. The third kappa shape index (κ3) is 4.62. The Morgan fingerprint density at radius 1 is 1.27 bits per heavy atom. The summed E-state index contributed by atoms with van der Waals surface area (Å²) in [6, 6.07) is 10.7. The summed E-state index contributed by atoms with van der Waals surface area (Å²) in [5.74, 6) is 0.895. The first kappa shape index (κ1) is 16.1. The highest BCUT2D eigenvalue weighted by Gasteiger charge is 2.06. The van der Waals surface area contributed by atoms with Gasteiger partial charge >= 0.3 is 0 Å². The van der Waals surface area contributed by atoms with Crippen molar-refractivity contribution >= 4 is 5.96 Å². The molecule has 0 fully saturated rings. The molecule has 1 N–H and O–H groups in total. The van der Waals surface area contributed by atoms with Crippen molar-refractivity contribution in [2.75, 3.05) is 20.6 Å². The van der Waals surface area contributed by atoms with E-state index in [1.54, 1.807) is 6.20 Å². The molecule has 1 aromatic heterocycles. The highest BCUT2D eigenvalue weighted by Crippen LogP contribution is 2.07. The minimum Gasteiger partial charge on any atom is -0.354 e. The number of hydrogen-bond donors (Lipinski definition) is 1. The zero-order valence-corrected chi connectivity index (χ0v) is 13.7. The van der Waals surface area contributed by atoms with Gasteiger partial charge < -0.3 is 10.2 Å². The van der Waals surface area contributed by atoms with Crippen LogP contribution in [0.25, 0.3) is 0 Å². The lowest BCUT2D eigenvalue weighted by atomic mass is 10.1. The first-order chi connectivity index (χ1) is 10.7. The molecular weight excluding hydrogens is 274 g/mol. The number of guanidine groups is 1. The van der Waals surface area contributed by atoms with Gasteiger partial charge in [-0.15, -0.1) is 0 Å². The Balaban J connectivity index is 1.83. The van der Waals surface area contributed by atoms with E-state index in [1.807, 2.05) is 24.0 Å². The fourth-order valence-electron chi connectivity index (χ4n) is 2.33. The highest BCUT2D eigenvalue weighted by molar-refractivity contribution is 5.79. The van der Waals surface area contributed by atoms with Crippen molar-refractivity contribution in [3.05, 3.63) is 53.9 Å². The lowest BCUT2D eigenvalue weighted by molar-refractivity contribution is 0.470. The highest BCUT2D eigenvalue weighted by atomic mass is 15.3. The molecule has 1 aromatic carbocycles. The standard InChI is InChI=1S/C17H25N5/c1-4-15-6-8-16(9-7-15)14-21(3)17(18-2)19-11-13-22-12-5-10-20-22/h5-10,12H,4,11,13-14H2,1-3H3,(H,18,19). The molecule has 5 nitrogen and oxygen atoms in total. The van der Waals surface area contributed by atoms with E-state index in [0.29, 0.717) is 0 Å². The first-order valence-electron chi connectivity index (χ1n) is 7.70. The summed E-state index contributed by atoms with van der Waals surface area (Å²) in [5.41, 5.74) is 2.66. The van der Waals surface area contributed by atoms with Crippen molar-refractivity contribution in [2.45, 2.75) is 26.4 Å². The van der Waals surface area contributed by atoms with Crippen molar-refractivity contribution in [1.82, 2.24) is 20.0 Å². The summed E-state index contributed by atoms with van der Waals surface area (Å²) >= 11 is 0. The molecule has 0 unspecified atom stereocenters. The molecule has 0 bridgehead atoms. The summed E-state index contributed by atoms with van der Waals surface area (Å²) in [7, 11) is 3.86. The van der Waals surface area contributed by atoms with Crippen LogP contribution in [0, 0.1) is 0 Å². The zero-order valence-electron chi connectivity index (χ0n) is 13.7. The van der Waals surface area contributed by atoms with Gasteiger partial charge in [0.2, 0.25) is 0 Å². The monoisotopic (exact) mass is 299 g/mol. The molecule has 0 radical (unpaired) electrons. The summed E-state index contributed by atoms with van der Waals surface area (Å²) in [4.78, 5) is 6.47. The molecule has 0 aliphatic heterocycles. The van der Waals surface area contributed by atoms with Gasteiger partial charge in [-0.25, -0.2) is 0 Å². The Morgan fingerprint density at radius 3 is 2.59 bits per heavy atom. The number of rotatable bonds is 6. The van der Waals surface area contributed by atoms with Gasteiger partial charge in [-0.1, -0.05) is 31.2 Å². The second-order valence-corrected chi connectivity index (χ2v) is 5.27. The summed E-state index contributed by atoms with van der Waals surface area (Å²) < 4.78 is 1.91. The number of hydrogen-bond acceptors (Lipinski definition) is 2. The van der Waals surface area contributed by atoms with Crippen molar-refractivity contribution < 1.29 is 0 Å². The van der Waals surface area contributed by atoms with Crippen molar-refractivity contribution in [3.8, 4) is 0 Å². The van der Waals surface area contributed by atoms with E-state index in [9.17, 15) is 0 Å². The molecule has 0 atom stereocenters. The Hall–Kier alpha value is -2.30. The Labute approximate surface area is 132 Å². The average Bonchev–Trinajstić information content (AvgIpc) is 3.05. The molecule has 22 heavy (non-hydrogen) atoms. The van der Waals surface area contributed by atoms with Gasteiger partial charge in [-0.3, -0.25) is 9.67 Å². The largest absolute Gasteiger partial charge is 0.354 e. The Morgan fingerprint density at radius 2 is 2.00 bits per heavy atom. The number of aliphatic imine (C=N–C) groups is 1. The zero-order chi connectivity index (χ0) is 15.8. The molecule has 118 valence electrons. The summed E-state index contributed by atoms with van der Waals surface area (Å²) in [6.45, 7) is 4.64. The quantitative estimate of drug-likeness (QED) is 0.657. The lowest BCUT2D eigenvalue weighted by Crippen LogP contribution is -2.39. The molecule has 0 aliphatic carbocycles. The van der Waals surface area contributed by atoms with Gasteiger partial charge in [0.05, 0.1) is 6.54 Å². The molecule has 5 heteroatoms. The number of nitrogens with zero attached hydrogens (tertiary/aromatic N) is 4. The third-order valence-corrected chi connectivity index (χ3v) is 3.61. The van der Waals surface area contributed by atoms with Crippen molar-refractivity contribution in [3.63, 3.8) is 0 Å². The van der Waals surface area contributed by atoms with Gasteiger partial charge in [0, 0.05) is 39.6 Å². The molecule has 0 saturated heterocycles. The van der Waals surface area contributed by atoms with Crippen molar-refractivity contribution in [1.29, 1.82) is 0 Å². The van der Waals surface area contributed by atoms with E-state index in [2.05, 4.69) is 58.5 Å². The predicted molar refractivity (Wildman–Crippen MR) is 90.9 cm³/mol. The van der Waals surface area contributed by atoms with Crippen LogP contribution in [0.15, 0.2) is 47.7 Å².